The average molecular weight is 307 g/mol. The summed E-state index contributed by atoms with van der Waals surface area (Å²) in [4.78, 5) is 24.0. The maximum absolute atomic E-state index is 12.6. The summed E-state index contributed by atoms with van der Waals surface area (Å²) in [6, 6.07) is 14.7. The van der Waals surface area contributed by atoms with Gasteiger partial charge in [0.2, 0.25) is 0 Å². The molecule has 0 atom stereocenters. The molecular weight excluding hydrogens is 290 g/mol. The molecule has 0 saturated heterocycles. The molecule has 0 aliphatic rings. The molecule has 0 radical (unpaired) electrons. The Morgan fingerprint density at radius 1 is 1.09 bits per heavy atom. The van der Waals surface area contributed by atoms with Gasteiger partial charge in [-0.1, -0.05) is 36.4 Å². The van der Waals surface area contributed by atoms with E-state index in [9.17, 15) is 14.7 Å². The fourth-order valence-corrected chi connectivity index (χ4v) is 2.79. The fraction of sp³-hybridized carbons (Fsp3) is 0.158. The molecule has 4 heteroatoms. The number of pyridine rings is 1. The number of aromatic nitrogens is 1. The third-order valence-electron chi connectivity index (χ3n) is 4.28. The van der Waals surface area contributed by atoms with Crippen LogP contribution < -0.4 is 5.56 Å². The van der Waals surface area contributed by atoms with E-state index in [-0.39, 0.29) is 5.56 Å². The van der Waals surface area contributed by atoms with E-state index in [0.29, 0.717) is 6.54 Å². The molecule has 23 heavy (non-hydrogen) atoms. The molecule has 0 fully saturated rings. The first-order valence-corrected chi connectivity index (χ1v) is 7.40. The van der Waals surface area contributed by atoms with Crippen LogP contribution in [0.4, 0.5) is 0 Å². The largest absolute Gasteiger partial charge is 0.477 e. The molecule has 0 spiro atoms. The highest BCUT2D eigenvalue weighted by molar-refractivity contribution is 5.92. The number of aryl methyl sites for hydroxylation is 1. The second kappa shape index (κ2) is 5.72. The molecule has 0 aliphatic heterocycles. The average Bonchev–Trinajstić information content (AvgIpc) is 2.53. The monoisotopic (exact) mass is 307 g/mol. The topological polar surface area (TPSA) is 59.3 Å². The van der Waals surface area contributed by atoms with Gasteiger partial charge in [-0.2, -0.15) is 0 Å². The van der Waals surface area contributed by atoms with Crippen molar-refractivity contribution in [3.8, 4) is 0 Å². The van der Waals surface area contributed by atoms with Gasteiger partial charge in [0.05, 0.1) is 12.1 Å². The second-order valence-corrected chi connectivity index (χ2v) is 5.67. The molecule has 1 aromatic heterocycles. The van der Waals surface area contributed by atoms with E-state index < -0.39 is 11.5 Å². The van der Waals surface area contributed by atoms with Crippen molar-refractivity contribution in [1.82, 2.24) is 4.57 Å². The van der Waals surface area contributed by atoms with Gasteiger partial charge in [0.1, 0.15) is 5.56 Å². The number of nitrogens with zero attached hydrogens (tertiary/aromatic N) is 1. The predicted octanol–water partition coefficient (Wildman–Crippen LogP) is 3.36. The minimum absolute atomic E-state index is 0.200. The van der Waals surface area contributed by atoms with E-state index in [1.54, 1.807) is 4.57 Å². The van der Waals surface area contributed by atoms with Gasteiger partial charge in [-0.05, 0) is 48.1 Å². The number of fused-ring (bicyclic) bond motifs is 1. The summed E-state index contributed by atoms with van der Waals surface area (Å²) in [5, 5.41) is 10.0. The zero-order valence-corrected chi connectivity index (χ0v) is 13.0. The van der Waals surface area contributed by atoms with Crippen molar-refractivity contribution in [2.45, 2.75) is 20.4 Å². The van der Waals surface area contributed by atoms with Crippen LogP contribution >= 0.6 is 0 Å². The number of benzene rings is 2. The first-order chi connectivity index (χ1) is 11.0. The molecule has 3 rings (SSSR count). The van der Waals surface area contributed by atoms with Crippen molar-refractivity contribution < 1.29 is 9.90 Å². The van der Waals surface area contributed by atoms with Crippen LogP contribution in [0, 0.1) is 13.8 Å². The van der Waals surface area contributed by atoms with E-state index in [1.165, 1.54) is 6.07 Å². The van der Waals surface area contributed by atoms with Crippen LogP contribution in [0.1, 0.15) is 27.0 Å². The van der Waals surface area contributed by atoms with Crippen LogP contribution in [0.5, 0.6) is 0 Å². The Morgan fingerprint density at radius 3 is 2.57 bits per heavy atom. The molecule has 1 heterocycles. The summed E-state index contributed by atoms with van der Waals surface area (Å²) in [5.74, 6) is -1.20. The van der Waals surface area contributed by atoms with Crippen molar-refractivity contribution in [3.05, 3.63) is 81.1 Å². The number of rotatable bonds is 3. The Hall–Kier alpha value is -2.88. The molecule has 1 N–H and O–H groups in total. The SMILES string of the molecule is Cc1cccc(Cn2c(=O)c(C(=O)O)cc3ccccc32)c1C. The lowest BCUT2D eigenvalue weighted by Gasteiger charge is -2.14. The maximum atomic E-state index is 12.6. The van der Waals surface area contributed by atoms with Gasteiger partial charge >= 0.3 is 5.97 Å². The van der Waals surface area contributed by atoms with Crippen LogP contribution in [0.15, 0.2) is 53.3 Å². The van der Waals surface area contributed by atoms with Crippen LogP contribution in [0.3, 0.4) is 0 Å². The highest BCUT2D eigenvalue weighted by Gasteiger charge is 2.15. The molecular formula is C19H17NO3. The van der Waals surface area contributed by atoms with Crippen molar-refractivity contribution in [1.29, 1.82) is 0 Å². The Kier molecular flexibility index (Phi) is 3.74. The third kappa shape index (κ3) is 2.63. The molecule has 0 saturated carbocycles. The van der Waals surface area contributed by atoms with Gasteiger partial charge in [-0.3, -0.25) is 4.79 Å². The number of carboxylic acids is 1. The number of hydrogen-bond acceptors (Lipinski definition) is 2. The molecule has 116 valence electrons. The van der Waals surface area contributed by atoms with E-state index >= 15 is 0 Å². The molecule has 0 amide bonds. The van der Waals surface area contributed by atoms with Gasteiger partial charge < -0.3 is 9.67 Å². The van der Waals surface area contributed by atoms with Crippen molar-refractivity contribution >= 4 is 16.9 Å². The number of hydrogen-bond donors (Lipinski definition) is 1. The Morgan fingerprint density at radius 2 is 1.83 bits per heavy atom. The van der Waals surface area contributed by atoms with E-state index in [0.717, 1.165) is 27.6 Å². The molecule has 0 bridgehead atoms. The first kappa shape index (κ1) is 15.0. The highest BCUT2D eigenvalue weighted by Crippen LogP contribution is 2.18. The lowest BCUT2D eigenvalue weighted by molar-refractivity contribution is 0.0694. The minimum Gasteiger partial charge on any atom is -0.477 e. The number of carboxylic acid groups (broad SMARTS) is 1. The zero-order chi connectivity index (χ0) is 16.6. The van der Waals surface area contributed by atoms with Gasteiger partial charge in [-0.15, -0.1) is 0 Å². The summed E-state index contributed by atoms with van der Waals surface area (Å²) >= 11 is 0. The Balaban J connectivity index is 2.27. The summed E-state index contributed by atoms with van der Waals surface area (Å²) in [5.41, 5.74) is 3.34. The van der Waals surface area contributed by atoms with Gasteiger partial charge in [0.15, 0.2) is 0 Å². The van der Waals surface area contributed by atoms with Crippen LogP contribution in [-0.4, -0.2) is 15.6 Å². The number of para-hydroxylation sites is 1. The standard InChI is InChI=1S/C19H17NO3/c1-12-6-5-8-15(13(12)2)11-20-17-9-4-3-7-14(17)10-16(18(20)21)19(22)23/h3-10H,11H2,1-2H3,(H,22,23). The predicted molar refractivity (Wildman–Crippen MR) is 90.2 cm³/mol. The van der Waals surface area contributed by atoms with Gasteiger partial charge in [0, 0.05) is 0 Å². The van der Waals surface area contributed by atoms with Gasteiger partial charge in [-0.25, -0.2) is 4.79 Å². The smallest absolute Gasteiger partial charge is 0.341 e. The van der Waals surface area contributed by atoms with Crippen LogP contribution in [0.25, 0.3) is 10.9 Å². The summed E-state index contributed by atoms with van der Waals surface area (Å²) < 4.78 is 1.54. The Bertz CT molecular complexity index is 970. The van der Waals surface area contributed by atoms with Crippen molar-refractivity contribution in [3.63, 3.8) is 0 Å². The van der Waals surface area contributed by atoms with Crippen LogP contribution in [0.2, 0.25) is 0 Å². The van der Waals surface area contributed by atoms with E-state index in [1.807, 2.05) is 56.3 Å². The quantitative estimate of drug-likeness (QED) is 0.807. The molecule has 4 nitrogen and oxygen atoms in total. The van der Waals surface area contributed by atoms with Crippen molar-refractivity contribution in [2.24, 2.45) is 0 Å². The van der Waals surface area contributed by atoms with Crippen LogP contribution in [-0.2, 0) is 6.54 Å². The lowest BCUT2D eigenvalue weighted by Crippen LogP contribution is -2.27. The molecule has 0 unspecified atom stereocenters. The molecule has 0 aliphatic carbocycles. The van der Waals surface area contributed by atoms with Crippen molar-refractivity contribution in [2.75, 3.05) is 0 Å². The van der Waals surface area contributed by atoms with Gasteiger partial charge in [0.25, 0.3) is 5.56 Å². The highest BCUT2D eigenvalue weighted by atomic mass is 16.4. The normalized spacial score (nSPS) is 10.9. The summed E-state index contributed by atoms with van der Waals surface area (Å²) in [7, 11) is 0. The maximum Gasteiger partial charge on any atom is 0.341 e. The third-order valence-corrected chi connectivity index (χ3v) is 4.28. The first-order valence-electron chi connectivity index (χ1n) is 7.40. The summed E-state index contributed by atoms with van der Waals surface area (Å²) in [6.07, 6.45) is 0. The molecule has 3 aromatic rings. The number of carbonyl (C=O) groups is 1. The minimum atomic E-state index is -1.20. The fourth-order valence-electron chi connectivity index (χ4n) is 2.79. The number of aromatic carboxylic acids is 1. The summed E-state index contributed by atoms with van der Waals surface area (Å²) in [6.45, 7) is 4.39. The molecule has 2 aromatic carbocycles. The van der Waals surface area contributed by atoms with E-state index in [4.69, 9.17) is 0 Å². The second-order valence-electron chi connectivity index (χ2n) is 5.67. The van der Waals surface area contributed by atoms with E-state index in [2.05, 4.69) is 0 Å². The lowest BCUT2D eigenvalue weighted by atomic mass is 10.0. The zero-order valence-electron chi connectivity index (χ0n) is 13.0. The Labute approximate surface area is 133 Å².